The highest BCUT2D eigenvalue weighted by molar-refractivity contribution is 5.81. The van der Waals surface area contributed by atoms with E-state index in [4.69, 9.17) is 5.11 Å². The van der Waals surface area contributed by atoms with E-state index in [1.807, 2.05) is 0 Å². The average Bonchev–Trinajstić information content (AvgIpc) is 2.33. The molecule has 16 heavy (non-hydrogen) atoms. The summed E-state index contributed by atoms with van der Waals surface area (Å²) in [6.07, 6.45) is 3.67. The first-order chi connectivity index (χ1) is 7.62. The molecule has 0 spiro atoms. The third-order valence-corrected chi connectivity index (χ3v) is 1.01. The molecule has 0 aliphatic carbocycles. The standard InChI is InChI=1S/C6H8O2.C5H8O3/c1-3-5-8-6(7)4-2;1-2-5(7)8-4-3-6/h3-4H,1-2,5H2;2,6H,1,3-4H2. The van der Waals surface area contributed by atoms with Gasteiger partial charge in [0.2, 0.25) is 0 Å². The van der Waals surface area contributed by atoms with Gasteiger partial charge in [-0.1, -0.05) is 25.8 Å². The fraction of sp³-hybridized carbons (Fsp3) is 0.273. The van der Waals surface area contributed by atoms with Crippen molar-refractivity contribution in [2.75, 3.05) is 19.8 Å². The van der Waals surface area contributed by atoms with Gasteiger partial charge in [0.05, 0.1) is 6.61 Å². The lowest BCUT2D eigenvalue weighted by atomic mass is 10.6. The highest BCUT2D eigenvalue weighted by atomic mass is 16.5. The number of aliphatic hydroxyl groups is 1. The Balaban J connectivity index is 0. The van der Waals surface area contributed by atoms with Gasteiger partial charge < -0.3 is 14.6 Å². The zero-order chi connectivity index (χ0) is 12.8. The predicted octanol–water partition coefficient (Wildman–Crippen LogP) is 0.609. The number of hydrogen-bond donors (Lipinski definition) is 1. The molecule has 0 saturated heterocycles. The molecule has 0 radical (unpaired) electrons. The van der Waals surface area contributed by atoms with Crippen LogP contribution in [0.25, 0.3) is 0 Å². The van der Waals surface area contributed by atoms with Gasteiger partial charge in [-0.05, 0) is 0 Å². The zero-order valence-corrected chi connectivity index (χ0v) is 9.05. The number of carbonyl (C=O) groups excluding carboxylic acids is 2. The van der Waals surface area contributed by atoms with Crippen LogP contribution in [-0.2, 0) is 19.1 Å². The number of hydrogen-bond acceptors (Lipinski definition) is 5. The van der Waals surface area contributed by atoms with Crippen LogP contribution >= 0.6 is 0 Å². The molecule has 1 N–H and O–H groups in total. The number of esters is 2. The second-order valence-electron chi connectivity index (χ2n) is 2.22. The molecule has 0 bridgehead atoms. The number of aliphatic hydroxyl groups excluding tert-OH is 1. The molecule has 0 aliphatic heterocycles. The van der Waals surface area contributed by atoms with E-state index in [-0.39, 0.29) is 19.8 Å². The van der Waals surface area contributed by atoms with Gasteiger partial charge in [-0.25, -0.2) is 9.59 Å². The summed E-state index contributed by atoms with van der Waals surface area (Å²) in [5, 5.41) is 8.10. The summed E-state index contributed by atoms with van der Waals surface area (Å²) in [6, 6.07) is 0. The second kappa shape index (κ2) is 13.1. The van der Waals surface area contributed by atoms with Gasteiger partial charge in [0.1, 0.15) is 13.2 Å². The van der Waals surface area contributed by atoms with Gasteiger partial charge >= 0.3 is 11.9 Å². The highest BCUT2D eigenvalue weighted by Crippen LogP contribution is 1.77. The van der Waals surface area contributed by atoms with E-state index in [2.05, 4.69) is 29.2 Å². The minimum Gasteiger partial charge on any atom is -0.460 e. The number of ether oxygens (including phenoxy) is 2. The van der Waals surface area contributed by atoms with Gasteiger partial charge in [0.25, 0.3) is 0 Å². The van der Waals surface area contributed by atoms with Crippen LogP contribution in [0, 0.1) is 0 Å². The maximum absolute atomic E-state index is 10.2. The lowest BCUT2D eigenvalue weighted by Crippen LogP contribution is -2.04. The van der Waals surface area contributed by atoms with Gasteiger partial charge in [-0.15, -0.1) is 0 Å². The van der Waals surface area contributed by atoms with E-state index in [0.717, 1.165) is 12.2 Å². The molecular formula is C11H16O5. The van der Waals surface area contributed by atoms with Crippen LogP contribution in [0.3, 0.4) is 0 Å². The quantitative estimate of drug-likeness (QED) is 0.409. The summed E-state index contributed by atoms with van der Waals surface area (Å²) in [4.78, 5) is 20.3. The Morgan fingerprint density at radius 1 is 1.06 bits per heavy atom. The third kappa shape index (κ3) is 14.6. The molecule has 5 heteroatoms. The second-order valence-corrected chi connectivity index (χ2v) is 2.22. The van der Waals surface area contributed by atoms with Crippen LogP contribution in [-0.4, -0.2) is 36.9 Å². The minimum absolute atomic E-state index is 0.0465. The molecule has 0 fully saturated rings. The first kappa shape index (κ1) is 16.5. The number of rotatable bonds is 6. The molecule has 0 aromatic carbocycles. The van der Waals surface area contributed by atoms with Gasteiger partial charge in [0.15, 0.2) is 0 Å². The third-order valence-electron chi connectivity index (χ3n) is 1.01. The summed E-state index contributed by atoms with van der Waals surface area (Å²) in [5.41, 5.74) is 0. The van der Waals surface area contributed by atoms with Crippen molar-refractivity contribution >= 4 is 11.9 Å². The molecule has 0 saturated carbocycles. The van der Waals surface area contributed by atoms with Gasteiger partial charge in [-0.2, -0.15) is 0 Å². The van der Waals surface area contributed by atoms with Crippen LogP contribution in [0.2, 0.25) is 0 Å². The van der Waals surface area contributed by atoms with Crippen molar-refractivity contribution < 1.29 is 24.2 Å². The van der Waals surface area contributed by atoms with Crippen molar-refractivity contribution in [3.63, 3.8) is 0 Å². The van der Waals surface area contributed by atoms with Crippen molar-refractivity contribution in [1.82, 2.24) is 0 Å². The van der Waals surface area contributed by atoms with Crippen LogP contribution in [0.4, 0.5) is 0 Å². The average molecular weight is 228 g/mol. The monoisotopic (exact) mass is 228 g/mol. The molecule has 0 aromatic rings. The van der Waals surface area contributed by atoms with E-state index in [1.54, 1.807) is 0 Å². The maximum atomic E-state index is 10.2. The highest BCUT2D eigenvalue weighted by Gasteiger charge is 1.90. The van der Waals surface area contributed by atoms with E-state index in [9.17, 15) is 9.59 Å². The van der Waals surface area contributed by atoms with E-state index in [0.29, 0.717) is 0 Å². The SMILES string of the molecule is C=CC(=O)OCCO.C=CCOC(=O)C=C. The van der Waals surface area contributed by atoms with Crippen molar-refractivity contribution in [3.8, 4) is 0 Å². The Morgan fingerprint density at radius 3 is 1.94 bits per heavy atom. The normalized spacial score (nSPS) is 7.81. The Hall–Kier alpha value is -1.88. The molecule has 5 nitrogen and oxygen atoms in total. The van der Waals surface area contributed by atoms with Gasteiger partial charge in [-0.3, -0.25) is 0 Å². The fourth-order valence-corrected chi connectivity index (χ4v) is 0.405. The molecule has 0 unspecified atom stereocenters. The predicted molar refractivity (Wildman–Crippen MR) is 59.6 cm³/mol. The summed E-state index contributed by atoms with van der Waals surface area (Å²) in [6.45, 7) is 9.88. The lowest BCUT2D eigenvalue weighted by molar-refractivity contribution is -0.139. The summed E-state index contributed by atoms with van der Waals surface area (Å²) in [7, 11) is 0. The summed E-state index contributed by atoms with van der Waals surface area (Å²) >= 11 is 0. The van der Waals surface area contributed by atoms with Gasteiger partial charge in [0, 0.05) is 12.2 Å². The molecule has 0 aromatic heterocycles. The van der Waals surface area contributed by atoms with Crippen molar-refractivity contribution in [1.29, 1.82) is 0 Å². The molecule has 0 heterocycles. The molecular weight excluding hydrogens is 212 g/mol. The Morgan fingerprint density at radius 2 is 1.56 bits per heavy atom. The fourth-order valence-electron chi connectivity index (χ4n) is 0.405. The van der Waals surface area contributed by atoms with Crippen LogP contribution in [0.15, 0.2) is 38.0 Å². The van der Waals surface area contributed by atoms with Crippen molar-refractivity contribution in [2.45, 2.75) is 0 Å². The van der Waals surface area contributed by atoms with Crippen molar-refractivity contribution in [3.05, 3.63) is 38.0 Å². The minimum atomic E-state index is -0.501. The molecule has 90 valence electrons. The molecule has 0 rings (SSSR count). The summed E-state index contributed by atoms with van der Waals surface area (Å²) in [5.74, 6) is -0.913. The topological polar surface area (TPSA) is 72.8 Å². The Labute approximate surface area is 94.7 Å². The van der Waals surface area contributed by atoms with Crippen LogP contribution in [0.1, 0.15) is 0 Å². The maximum Gasteiger partial charge on any atom is 0.330 e. The molecule has 0 aliphatic rings. The van der Waals surface area contributed by atoms with Crippen molar-refractivity contribution in [2.24, 2.45) is 0 Å². The zero-order valence-electron chi connectivity index (χ0n) is 9.05. The van der Waals surface area contributed by atoms with E-state index in [1.165, 1.54) is 6.08 Å². The smallest absolute Gasteiger partial charge is 0.330 e. The molecule has 0 amide bonds. The first-order valence-corrected chi connectivity index (χ1v) is 4.42. The Bertz CT molecular complexity index is 245. The molecule has 0 atom stereocenters. The van der Waals surface area contributed by atoms with E-state index >= 15 is 0 Å². The first-order valence-electron chi connectivity index (χ1n) is 4.42. The van der Waals surface area contributed by atoms with Crippen LogP contribution in [0.5, 0.6) is 0 Å². The largest absolute Gasteiger partial charge is 0.460 e. The Kier molecular flexibility index (Phi) is 13.6. The van der Waals surface area contributed by atoms with E-state index < -0.39 is 11.9 Å². The lowest BCUT2D eigenvalue weighted by Gasteiger charge is -1.94. The summed E-state index contributed by atoms with van der Waals surface area (Å²) < 4.78 is 8.80. The number of carbonyl (C=O) groups is 2. The van der Waals surface area contributed by atoms with Crippen LogP contribution < -0.4 is 0 Å².